The summed E-state index contributed by atoms with van der Waals surface area (Å²) in [6.07, 6.45) is 0. The third-order valence-electron chi connectivity index (χ3n) is 6.90. The van der Waals surface area contributed by atoms with Crippen LogP contribution in [0.3, 0.4) is 0 Å². The summed E-state index contributed by atoms with van der Waals surface area (Å²) in [4.78, 5) is 30.2. The van der Waals surface area contributed by atoms with Crippen LogP contribution in [0.15, 0.2) is 72.3 Å². The Hall–Kier alpha value is -4.30. The van der Waals surface area contributed by atoms with Gasteiger partial charge >= 0.3 is 0 Å². The summed E-state index contributed by atoms with van der Waals surface area (Å²) in [5.74, 6) is 0.155. The Kier molecular flexibility index (Phi) is 9.68. The molecule has 0 radical (unpaired) electrons. The number of aliphatic hydroxyl groups is 1. The Morgan fingerprint density at radius 2 is 1.56 bits per heavy atom. The van der Waals surface area contributed by atoms with Gasteiger partial charge in [0, 0.05) is 18.7 Å². The van der Waals surface area contributed by atoms with Crippen molar-refractivity contribution in [3.8, 4) is 17.2 Å². The second-order valence-corrected chi connectivity index (χ2v) is 10.1. The Morgan fingerprint density at radius 1 is 0.878 bits per heavy atom. The number of hydrogen-bond donors (Lipinski definition) is 1. The first-order valence-corrected chi connectivity index (χ1v) is 13.9. The lowest BCUT2D eigenvalue weighted by atomic mass is 9.94. The fourth-order valence-electron chi connectivity index (χ4n) is 4.85. The smallest absolute Gasteiger partial charge is 0.295 e. The summed E-state index contributed by atoms with van der Waals surface area (Å²) in [5.41, 5.74) is 2.95. The average molecular weight is 559 g/mol. The van der Waals surface area contributed by atoms with Crippen molar-refractivity contribution >= 4 is 17.4 Å². The molecular weight excluding hydrogens is 520 g/mol. The first-order valence-electron chi connectivity index (χ1n) is 13.9. The molecule has 1 saturated heterocycles. The van der Waals surface area contributed by atoms with Crippen LogP contribution in [-0.4, -0.2) is 67.0 Å². The van der Waals surface area contributed by atoms with E-state index in [4.69, 9.17) is 14.2 Å². The second kappa shape index (κ2) is 13.4. The van der Waals surface area contributed by atoms with E-state index in [-0.39, 0.29) is 11.3 Å². The van der Waals surface area contributed by atoms with Crippen LogP contribution < -0.4 is 14.2 Å². The minimum atomic E-state index is -0.792. The molecule has 1 aliphatic rings. The molecule has 41 heavy (non-hydrogen) atoms. The second-order valence-electron chi connectivity index (χ2n) is 10.1. The van der Waals surface area contributed by atoms with Crippen molar-refractivity contribution < 1.29 is 28.9 Å². The molecule has 1 N–H and O–H groups in total. The van der Waals surface area contributed by atoms with Gasteiger partial charge in [-0.25, -0.2) is 0 Å². The van der Waals surface area contributed by atoms with Crippen LogP contribution >= 0.6 is 0 Å². The lowest BCUT2D eigenvalue weighted by Crippen LogP contribution is -2.35. The molecule has 1 heterocycles. The van der Waals surface area contributed by atoms with E-state index >= 15 is 0 Å². The number of likely N-dealkylation sites (N-methyl/N-ethyl adjacent to an activating group) is 1. The Morgan fingerprint density at radius 3 is 2.22 bits per heavy atom. The summed E-state index contributed by atoms with van der Waals surface area (Å²) >= 11 is 0. The van der Waals surface area contributed by atoms with Gasteiger partial charge in [-0.3, -0.25) is 9.59 Å². The van der Waals surface area contributed by atoms with Crippen LogP contribution in [0.4, 0.5) is 0 Å². The predicted molar refractivity (Wildman–Crippen MR) is 158 cm³/mol. The van der Waals surface area contributed by atoms with E-state index in [2.05, 4.69) is 0 Å². The highest BCUT2D eigenvalue weighted by atomic mass is 16.5. The lowest BCUT2D eigenvalue weighted by molar-refractivity contribution is -0.140. The van der Waals surface area contributed by atoms with Crippen molar-refractivity contribution in [3.05, 3.63) is 94.6 Å². The number of carbonyl (C=O) groups excluding carboxylic acids is 2. The van der Waals surface area contributed by atoms with Crippen LogP contribution in [0.1, 0.15) is 42.1 Å². The summed E-state index contributed by atoms with van der Waals surface area (Å²) in [5, 5.41) is 11.5. The quantitative estimate of drug-likeness (QED) is 0.182. The molecule has 0 saturated carbocycles. The molecule has 3 aromatic rings. The molecule has 1 aliphatic heterocycles. The number of ether oxygens (including phenoxy) is 3. The lowest BCUT2D eigenvalue weighted by Gasteiger charge is -2.27. The SMILES string of the molecule is CCOc1ccc(C2/C(=C(/O)c3ccc(OCc4ccccc4)c(C)c3)C(=O)C(=O)N2CCN(C)C)cc1OCC. The van der Waals surface area contributed by atoms with Crippen LogP contribution in [0, 0.1) is 6.92 Å². The van der Waals surface area contributed by atoms with E-state index in [1.807, 2.05) is 76.2 Å². The van der Waals surface area contributed by atoms with Crippen molar-refractivity contribution in [2.75, 3.05) is 40.4 Å². The molecule has 3 aromatic carbocycles. The molecule has 4 rings (SSSR count). The van der Waals surface area contributed by atoms with Gasteiger partial charge in [0.15, 0.2) is 11.5 Å². The van der Waals surface area contributed by atoms with E-state index in [9.17, 15) is 14.7 Å². The number of benzene rings is 3. The minimum Gasteiger partial charge on any atom is -0.507 e. The maximum atomic E-state index is 13.4. The highest BCUT2D eigenvalue weighted by Gasteiger charge is 2.46. The van der Waals surface area contributed by atoms with Gasteiger partial charge in [-0.2, -0.15) is 0 Å². The number of rotatable bonds is 12. The van der Waals surface area contributed by atoms with E-state index in [0.717, 1.165) is 11.1 Å². The van der Waals surface area contributed by atoms with E-state index in [1.165, 1.54) is 4.90 Å². The van der Waals surface area contributed by atoms with E-state index < -0.39 is 17.7 Å². The van der Waals surface area contributed by atoms with Crippen molar-refractivity contribution in [2.45, 2.75) is 33.4 Å². The van der Waals surface area contributed by atoms with Gasteiger partial charge in [-0.05, 0) is 81.9 Å². The third kappa shape index (κ3) is 6.72. The van der Waals surface area contributed by atoms with Crippen LogP contribution in [0.5, 0.6) is 17.2 Å². The number of carbonyl (C=O) groups is 2. The first-order chi connectivity index (χ1) is 19.7. The fourth-order valence-corrected chi connectivity index (χ4v) is 4.85. The molecule has 216 valence electrons. The summed E-state index contributed by atoms with van der Waals surface area (Å²) < 4.78 is 17.5. The number of aliphatic hydroxyl groups excluding tert-OH is 1. The number of aryl methyl sites for hydroxylation is 1. The molecule has 0 aliphatic carbocycles. The van der Waals surface area contributed by atoms with Crippen LogP contribution in [-0.2, 0) is 16.2 Å². The van der Waals surface area contributed by atoms with Crippen LogP contribution in [0.2, 0.25) is 0 Å². The van der Waals surface area contributed by atoms with E-state index in [0.29, 0.717) is 61.3 Å². The molecule has 1 atom stereocenters. The zero-order valence-electron chi connectivity index (χ0n) is 24.3. The molecule has 1 unspecified atom stereocenters. The van der Waals surface area contributed by atoms with Gasteiger partial charge < -0.3 is 29.1 Å². The topological polar surface area (TPSA) is 88.5 Å². The van der Waals surface area contributed by atoms with Crippen LogP contribution in [0.25, 0.3) is 5.76 Å². The number of nitrogens with zero attached hydrogens (tertiary/aromatic N) is 2. The van der Waals surface area contributed by atoms with Gasteiger partial charge in [0.2, 0.25) is 0 Å². The summed E-state index contributed by atoms with van der Waals surface area (Å²) in [6.45, 7) is 7.79. The van der Waals surface area contributed by atoms with Gasteiger partial charge in [0.05, 0.1) is 24.8 Å². The monoisotopic (exact) mass is 558 g/mol. The van der Waals surface area contributed by atoms with Crippen molar-refractivity contribution in [1.29, 1.82) is 0 Å². The Labute approximate surface area is 241 Å². The largest absolute Gasteiger partial charge is 0.507 e. The van der Waals surface area contributed by atoms with Gasteiger partial charge in [0.1, 0.15) is 18.1 Å². The predicted octanol–water partition coefficient (Wildman–Crippen LogP) is 5.35. The maximum Gasteiger partial charge on any atom is 0.295 e. The maximum absolute atomic E-state index is 13.4. The van der Waals surface area contributed by atoms with Gasteiger partial charge in [0.25, 0.3) is 11.7 Å². The molecule has 0 aromatic heterocycles. The standard InChI is InChI=1S/C33H38N2O6/c1-6-39-27-16-13-24(20-28(27)40-7-2)30-29(32(37)33(38)35(30)18-17-34(4)5)31(36)25-14-15-26(22(3)19-25)41-21-23-11-9-8-10-12-23/h8-16,19-20,30,36H,6-7,17-18,21H2,1-5H3/b31-29-. The van der Waals surface area contributed by atoms with Crippen molar-refractivity contribution in [2.24, 2.45) is 0 Å². The molecule has 0 spiro atoms. The van der Waals surface area contributed by atoms with Crippen molar-refractivity contribution in [3.63, 3.8) is 0 Å². The van der Waals surface area contributed by atoms with Gasteiger partial charge in [-0.1, -0.05) is 36.4 Å². The summed E-state index contributed by atoms with van der Waals surface area (Å²) in [7, 11) is 3.81. The summed E-state index contributed by atoms with van der Waals surface area (Å²) in [6, 6.07) is 19.7. The van der Waals surface area contributed by atoms with Gasteiger partial charge in [-0.15, -0.1) is 0 Å². The number of ketones is 1. The molecule has 1 fully saturated rings. The average Bonchev–Trinajstić information content (AvgIpc) is 3.21. The first kappa shape index (κ1) is 29.7. The number of amides is 1. The third-order valence-corrected chi connectivity index (χ3v) is 6.90. The molecule has 0 bridgehead atoms. The zero-order valence-corrected chi connectivity index (χ0v) is 24.3. The minimum absolute atomic E-state index is 0.0396. The Bertz CT molecular complexity index is 1420. The number of hydrogen-bond acceptors (Lipinski definition) is 7. The highest BCUT2D eigenvalue weighted by Crippen LogP contribution is 2.42. The molecule has 1 amide bonds. The van der Waals surface area contributed by atoms with Crippen molar-refractivity contribution in [1.82, 2.24) is 9.80 Å². The molecular formula is C33H38N2O6. The molecule has 8 nitrogen and oxygen atoms in total. The zero-order chi connectivity index (χ0) is 29.5. The highest BCUT2D eigenvalue weighted by molar-refractivity contribution is 6.46. The normalized spacial score (nSPS) is 16.3. The fraction of sp³-hybridized carbons (Fsp3) is 0.333. The Balaban J connectivity index is 1.75. The number of Topliss-reactive ketones (excluding diaryl/α,β-unsaturated/α-hetero) is 1. The molecule has 8 heteroatoms. The number of likely N-dealkylation sites (tertiary alicyclic amines) is 1. The van der Waals surface area contributed by atoms with E-state index in [1.54, 1.807) is 30.3 Å².